The van der Waals surface area contributed by atoms with Crippen molar-refractivity contribution in [3.63, 3.8) is 0 Å². The summed E-state index contributed by atoms with van der Waals surface area (Å²) in [6, 6.07) is 3.25. The van der Waals surface area contributed by atoms with Crippen molar-refractivity contribution in [2.24, 2.45) is 0 Å². The molecule has 0 unspecified atom stereocenters. The number of hydrogen-bond donors (Lipinski definition) is 1. The number of thiazole rings is 1. The summed E-state index contributed by atoms with van der Waals surface area (Å²) >= 11 is 0.952. The molecule has 0 bridgehead atoms. The van der Waals surface area contributed by atoms with Gasteiger partial charge in [0.25, 0.3) is 5.91 Å². The van der Waals surface area contributed by atoms with Gasteiger partial charge in [0.2, 0.25) is 0 Å². The van der Waals surface area contributed by atoms with Crippen molar-refractivity contribution < 1.29 is 18.0 Å². The third-order valence-electron chi connectivity index (χ3n) is 2.25. The minimum absolute atomic E-state index is 0.172. The summed E-state index contributed by atoms with van der Waals surface area (Å²) < 4.78 is 37.9. The number of carbonyl (C=O) groups is 1. The second-order valence-electron chi connectivity index (χ2n) is 3.56. The van der Waals surface area contributed by atoms with E-state index in [0.29, 0.717) is 16.8 Å². The number of hydrogen-bond acceptors (Lipinski definition) is 3. The van der Waals surface area contributed by atoms with Gasteiger partial charge in [-0.25, -0.2) is 4.98 Å². The minimum atomic E-state index is -4.38. The lowest BCUT2D eigenvalue weighted by atomic mass is 10.2. The molecule has 1 aromatic carbocycles. The van der Waals surface area contributed by atoms with Crippen LogP contribution in [0.4, 0.5) is 13.2 Å². The Labute approximate surface area is 105 Å². The molecule has 3 nitrogen and oxygen atoms in total. The van der Waals surface area contributed by atoms with E-state index in [0.717, 1.165) is 23.5 Å². The van der Waals surface area contributed by atoms with Crippen LogP contribution in [0.5, 0.6) is 0 Å². The lowest BCUT2D eigenvalue weighted by Gasteiger charge is -2.04. The van der Waals surface area contributed by atoms with Crippen molar-refractivity contribution in [2.75, 3.05) is 6.54 Å². The van der Waals surface area contributed by atoms with Gasteiger partial charge in [-0.1, -0.05) is 0 Å². The molecule has 0 spiro atoms. The molecule has 0 aliphatic heterocycles. The van der Waals surface area contributed by atoms with Gasteiger partial charge in [-0.3, -0.25) is 4.79 Å². The predicted molar refractivity (Wildman–Crippen MR) is 62.6 cm³/mol. The van der Waals surface area contributed by atoms with E-state index in [9.17, 15) is 18.0 Å². The topological polar surface area (TPSA) is 42.0 Å². The highest BCUT2D eigenvalue weighted by atomic mass is 32.1. The molecule has 0 radical (unpaired) electrons. The van der Waals surface area contributed by atoms with Crippen LogP contribution in [0.3, 0.4) is 0 Å². The molecular formula is C11H9F3N2OS. The van der Waals surface area contributed by atoms with Gasteiger partial charge in [0.05, 0.1) is 15.8 Å². The van der Waals surface area contributed by atoms with Gasteiger partial charge in [-0.2, -0.15) is 13.2 Å². The fourth-order valence-electron chi connectivity index (χ4n) is 1.43. The molecule has 1 aromatic heterocycles. The van der Waals surface area contributed by atoms with Crippen LogP contribution in [0.15, 0.2) is 18.2 Å². The standard InChI is InChI=1S/C11H9F3N2OS/c1-2-15-9(17)10-16-7-4-3-6(11(12,13)14)5-8(7)18-10/h3-5H,2H2,1H3,(H,15,17). The van der Waals surface area contributed by atoms with Crippen LogP contribution < -0.4 is 5.32 Å². The van der Waals surface area contributed by atoms with Gasteiger partial charge >= 0.3 is 6.18 Å². The Bertz CT molecular complexity index is 591. The Balaban J connectivity index is 2.43. The Morgan fingerprint density at radius 1 is 1.44 bits per heavy atom. The summed E-state index contributed by atoms with van der Waals surface area (Å²) in [5.74, 6) is -0.368. The maximum atomic E-state index is 12.5. The second-order valence-corrected chi connectivity index (χ2v) is 4.59. The number of fused-ring (bicyclic) bond motifs is 1. The first-order valence-electron chi connectivity index (χ1n) is 5.18. The monoisotopic (exact) mass is 274 g/mol. The van der Waals surface area contributed by atoms with E-state index in [4.69, 9.17) is 0 Å². The van der Waals surface area contributed by atoms with E-state index in [1.54, 1.807) is 6.92 Å². The van der Waals surface area contributed by atoms with E-state index < -0.39 is 11.7 Å². The number of nitrogens with zero attached hydrogens (tertiary/aromatic N) is 1. The molecule has 1 N–H and O–H groups in total. The summed E-state index contributed by atoms with van der Waals surface area (Å²) in [7, 11) is 0. The molecule has 0 atom stereocenters. The first-order valence-corrected chi connectivity index (χ1v) is 5.99. The van der Waals surface area contributed by atoms with Crippen LogP contribution in [0.25, 0.3) is 10.2 Å². The number of halogens is 3. The second kappa shape index (κ2) is 4.56. The van der Waals surface area contributed by atoms with Crippen molar-refractivity contribution in [3.05, 3.63) is 28.8 Å². The molecule has 0 saturated heterocycles. The Kier molecular flexibility index (Phi) is 3.25. The molecule has 1 amide bonds. The van der Waals surface area contributed by atoms with E-state index >= 15 is 0 Å². The number of alkyl halides is 3. The van der Waals surface area contributed by atoms with Gasteiger partial charge in [0.1, 0.15) is 0 Å². The van der Waals surface area contributed by atoms with Crippen molar-refractivity contribution in [3.8, 4) is 0 Å². The maximum Gasteiger partial charge on any atom is 0.416 e. The van der Waals surface area contributed by atoms with E-state index in [-0.39, 0.29) is 10.9 Å². The smallest absolute Gasteiger partial charge is 0.350 e. The van der Waals surface area contributed by atoms with Gasteiger partial charge < -0.3 is 5.32 Å². The molecule has 0 saturated carbocycles. The van der Waals surface area contributed by atoms with Gasteiger partial charge in [0.15, 0.2) is 5.01 Å². The van der Waals surface area contributed by atoms with Crippen molar-refractivity contribution >= 4 is 27.5 Å². The average molecular weight is 274 g/mol. The zero-order valence-electron chi connectivity index (χ0n) is 9.34. The van der Waals surface area contributed by atoms with Gasteiger partial charge in [-0.05, 0) is 25.1 Å². The van der Waals surface area contributed by atoms with Gasteiger partial charge in [-0.15, -0.1) is 11.3 Å². The van der Waals surface area contributed by atoms with Crippen LogP contribution in [-0.2, 0) is 6.18 Å². The van der Waals surface area contributed by atoms with Crippen LogP contribution >= 0.6 is 11.3 Å². The molecule has 7 heteroatoms. The average Bonchev–Trinajstić information content (AvgIpc) is 2.70. The first-order chi connectivity index (χ1) is 8.41. The third-order valence-corrected chi connectivity index (χ3v) is 3.26. The summed E-state index contributed by atoms with van der Waals surface area (Å²) in [6.45, 7) is 2.20. The highest BCUT2D eigenvalue weighted by Gasteiger charge is 2.30. The molecule has 18 heavy (non-hydrogen) atoms. The highest BCUT2D eigenvalue weighted by molar-refractivity contribution is 7.20. The number of rotatable bonds is 2. The Morgan fingerprint density at radius 3 is 2.78 bits per heavy atom. The molecular weight excluding hydrogens is 265 g/mol. The Hall–Kier alpha value is -1.63. The van der Waals surface area contributed by atoms with Crippen LogP contribution in [-0.4, -0.2) is 17.4 Å². The van der Waals surface area contributed by atoms with Crippen molar-refractivity contribution in [1.82, 2.24) is 10.3 Å². The molecule has 2 aromatic rings. The number of aromatic nitrogens is 1. The largest absolute Gasteiger partial charge is 0.416 e. The van der Waals surface area contributed by atoms with Crippen LogP contribution in [0.2, 0.25) is 0 Å². The highest BCUT2D eigenvalue weighted by Crippen LogP contribution is 2.33. The molecule has 0 fully saturated rings. The van der Waals surface area contributed by atoms with Crippen LogP contribution in [0.1, 0.15) is 22.3 Å². The molecule has 0 aliphatic carbocycles. The summed E-state index contributed by atoms with van der Waals surface area (Å²) in [6.07, 6.45) is -4.38. The summed E-state index contributed by atoms with van der Waals surface area (Å²) in [5, 5.41) is 2.73. The molecule has 1 heterocycles. The maximum absolute atomic E-state index is 12.5. The number of nitrogens with one attached hydrogen (secondary N) is 1. The van der Waals surface area contributed by atoms with Crippen LogP contribution in [0, 0.1) is 0 Å². The van der Waals surface area contributed by atoms with E-state index in [2.05, 4.69) is 10.3 Å². The zero-order chi connectivity index (χ0) is 13.3. The number of amides is 1. The fraction of sp³-hybridized carbons (Fsp3) is 0.273. The normalized spacial score (nSPS) is 11.8. The summed E-state index contributed by atoms with van der Waals surface area (Å²) in [4.78, 5) is 15.5. The molecule has 2 rings (SSSR count). The SMILES string of the molecule is CCNC(=O)c1nc2ccc(C(F)(F)F)cc2s1. The Morgan fingerprint density at radius 2 is 2.17 bits per heavy atom. The van der Waals surface area contributed by atoms with Crippen molar-refractivity contribution in [1.29, 1.82) is 0 Å². The minimum Gasteiger partial charge on any atom is -0.350 e. The van der Waals surface area contributed by atoms with Crippen molar-refractivity contribution in [2.45, 2.75) is 13.1 Å². The number of carbonyl (C=O) groups excluding carboxylic acids is 1. The van der Waals surface area contributed by atoms with Gasteiger partial charge in [0, 0.05) is 6.54 Å². The summed E-state index contributed by atoms with van der Waals surface area (Å²) in [5.41, 5.74) is -0.338. The third kappa shape index (κ3) is 2.45. The number of benzene rings is 1. The predicted octanol–water partition coefficient (Wildman–Crippen LogP) is 3.06. The lowest BCUT2D eigenvalue weighted by molar-refractivity contribution is -0.137. The lowest BCUT2D eigenvalue weighted by Crippen LogP contribution is -2.22. The fourth-order valence-corrected chi connectivity index (χ4v) is 2.36. The zero-order valence-corrected chi connectivity index (χ0v) is 10.2. The molecule has 0 aliphatic rings. The van der Waals surface area contributed by atoms with E-state index in [1.165, 1.54) is 6.07 Å². The quantitative estimate of drug-likeness (QED) is 0.914. The first kappa shape index (κ1) is 12.8. The van der Waals surface area contributed by atoms with E-state index in [1.807, 2.05) is 0 Å². The molecule has 96 valence electrons.